The molecule has 0 atom stereocenters. The molecule has 15 aromatic carbocycles. The van der Waals surface area contributed by atoms with E-state index in [2.05, 4.69) is 303 Å². The highest BCUT2D eigenvalue weighted by atomic mass is 15.0. The Balaban J connectivity index is 0.000000110. The van der Waals surface area contributed by atoms with Gasteiger partial charge in [-0.25, -0.2) is 29.9 Å². The Morgan fingerprint density at radius 1 is 0.127 bits per heavy atom. The van der Waals surface area contributed by atoms with Crippen molar-refractivity contribution in [1.82, 2.24) is 59.8 Å². The van der Waals surface area contributed by atoms with Crippen molar-refractivity contribution >= 4 is 130 Å². The molecule has 586 valence electrons. The van der Waals surface area contributed by atoms with Gasteiger partial charge in [-0.3, -0.25) is 29.9 Å². The first-order valence-corrected chi connectivity index (χ1v) is 42.0. The number of rotatable bonds is 10. The number of benzene rings is 15. The molecule has 12 nitrogen and oxygen atoms in total. The summed E-state index contributed by atoms with van der Waals surface area (Å²) in [4.78, 5) is 57.3. The van der Waals surface area contributed by atoms with Crippen LogP contribution in [0, 0.1) is 0 Å². The summed E-state index contributed by atoms with van der Waals surface area (Å²) in [7, 11) is 0. The molecular weight excluding hydrogens is 1540 g/mol. The Morgan fingerprint density at radius 2 is 0.349 bits per heavy atom. The number of hydrogen-bond acceptors (Lipinski definition) is 12. The second-order valence-corrected chi connectivity index (χ2v) is 31.4. The van der Waals surface area contributed by atoms with Gasteiger partial charge in [-0.2, -0.15) is 0 Å². The predicted molar refractivity (Wildman–Crippen MR) is 517 cm³/mol. The molecule has 0 bridgehead atoms. The first kappa shape index (κ1) is 73.9. The summed E-state index contributed by atoms with van der Waals surface area (Å²) in [6.07, 6.45) is 22.6. The van der Waals surface area contributed by atoms with Crippen molar-refractivity contribution in [2.45, 2.75) is 0 Å². The van der Waals surface area contributed by atoms with Crippen LogP contribution in [0.15, 0.2) is 426 Å². The Kier molecular flexibility index (Phi) is 18.6. The van der Waals surface area contributed by atoms with E-state index in [1.165, 1.54) is 70.0 Å². The van der Waals surface area contributed by atoms with Crippen LogP contribution in [0.2, 0.25) is 0 Å². The van der Waals surface area contributed by atoms with Crippen molar-refractivity contribution in [2.75, 3.05) is 0 Å². The fourth-order valence-electron chi connectivity index (χ4n) is 18.2. The van der Waals surface area contributed by atoms with Crippen LogP contribution in [-0.4, -0.2) is 59.8 Å². The van der Waals surface area contributed by atoms with E-state index in [1.54, 1.807) is 18.6 Å². The maximum absolute atomic E-state index is 5.41. The first-order valence-electron chi connectivity index (χ1n) is 42.0. The summed E-state index contributed by atoms with van der Waals surface area (Å²) in [5, 5.41) is 24.5. The quantitative estimate of drug-likeness (QED) is 0.120. The van der Waals surface area contributed by atoms with Gasteiger partial charge in [-0.05, 0) is 153 Å². The monoisotopic (exact) mass is 1610 g/mol. The van der Waals surface area contributed by atoms with E-state index in [0.717, 1.165) is 155 Å². The lowest BCUT2D eigenvalue weighted by Crippen LogP contribution is -2.00. The molecule has 0 saturated carbocycles. The lowest BCUT2D eigenvalue weighted by atomic mass is 9.92. The molecule has 25 rings (SSSR count). The van der Waals surface area contributed by atoms with Crippen LogP contribution in [0.3, 0.4) is 0 Å². The van der Waals surface area contributed by atoms with Crippen LogP contribution in [0.1, 0.15) is 0 Å². The summed E-state index contributed by atoms with van der Waals surface area (Å²) >= 11 is 0. The van der Waals surface area contributed by atoms with Crippen LogP contribution in [0.5, 0.6) is 0 Å². The number of fused-ring (bicyclic) bond motifs is 24. The van der Waals surface area contributed by atoms with E-state index in [-0.39, 0.29) is 0 Å². The second-order valence-electron chi connectivity index (χ2n) is 31.4. The van der Waals surface area contributed by atoms with Gasteiger partial charge in [0.05, 0.1) is 33.6 Å². The topological polar surface area (TPSA) is 155 Å². The Morgan fingerprint density at radius 3 is 0.659 bits per heavy atom. The Labute approximate surface area is 723 Å². The summed E-state index contributed by atoms with van der Waals surface area (Å²) in [6, 6.07) is 122. The number of hydrogen-bond donors (Lipinski definition) is 0. The van der Waals surface area contributed by atoms with E-state index in [4.69, 9.17) is 29.9 Å². The number of pyridine rings is 9. The van der Waals surface area contributed by atoms with Gasteiger partial charge in [0.2, 0.25) is 0 Å². The molecular formula is C114H70N12. The average Bonchev–Trinajstić information content (AvgIpc) is 0.728. The largest absolute Gasteiger partial charge is 0.264 e. The van der Waals surface area contributed by atoms with Crippen molar-refractivity contribution < 1.29 is 0 Å². The lowest BCUT2D eigenvalue weighted by molar-refractivity contribution is 1.07. The lowest BCUT2D eigenvalue weighted by Gasteiger charge is -2.15. The van der Waals surface area contributed by atoms with E-state index in [1.807, 2.05) is 135 Å². The zero-order chi connectivity index (χ0) is 83.4. The standard InChI is InChI=1S/C42H26N4.C41H25N5.C31H19N3/c1-3-11-36-34(9-1)35-10-2-4-12-38(35)42-40(36)37-17-20-45-26-39(37)41(46-42)28-15-13-27(14-16-28)31-21-32(29-7-5-18-43-24-29)23-33(22-31)30-8-6-19-44-25-30;1-3-11-27(12-4-1)39-44-40(28-13-5-2-6-14-28)46-41(45-39)29-21-19-26(20-22-29)37-35-25-42-24-23-33(35)36-32-17-9-7-15-30(32)31-16-8-10-18-34(31)38(36)43-37;1-3-9-25-23(7-1)24-8-2-4-10-27(24)31-29(25)26-15-17-33-19-28(26)30(34-31)21-13-11-20(12-14-21)22-6-5-16-32-18-22/h1-26H;1-25H;1-19H. The average molecular weight is 1610 g/mol. The number of aromatic nitrogens is 12. The summed E-state index contributed by atoms with van der Waals surface area (Å²) in [6.45, 7) is 0. The van der Waals surface area contributed by atoms with Crippen molar-refractivity contribution in [1.29, 1.82) is 0 Å². The highest BCUT2D eigenvalue weighted by Crippen LogP contribution is 2.46. The Hall–Kier alpha value is -17.2. The summed E-state index contributed by atoms with van der Waals surface area (Å²) in [5.74, 6) is 1.90. The highest BCUT2D eigenvalue weighted by Gasteiger charge is 2.23. The summed E-state index contributed by atoms with van der Waals surface area (Å²) < 4.78 is 0. The van der Waals surface area contributed by atoms with Crippen LogP contribution in [0.4, 0.5) is 0 Å². The second kappa shape index (κ2) is 31.7. The first-order chi connectivity index (χ1) is 62.5. The van der Waals surface area contributed by atoms with Crippen LogP contribution < -0.4 is 0 Å². The van der Waals surface area contributed by atoms with Gasteiger partial charge in [-0.15, -0.1) is 0 Å². The maximum Gasteiger partial charge on any atom is 0.164 e. The van der Waals surface area contributed by atoms with Gasteiger partial charge < -0.3 is 0 Å². The van der Waals surface area contributed by atoms with Gasteiger partial charge in [-0.1, -0.05) is 297 Å². The van der Waals surface area contributed by atoms with Crippen molar-refractivity contribution in [3.63, 3.8) is 0 Å². The van der Waals surface area contributed by atoms with Gasteiger partial charge in [0.1, 0.15) is 0 Å². The van der Waals surface area contributed by atoms with Crippen LogP contribution in [0.25, 0.3) is 242 Å². The van der Waals surface area contributed by atoms with Crippen LogP contribution in [-0.2, 0) is 0 Å². The molecule has 10 heterocycles. The van der Waals surface area contributed by atoms with Gasteiger partial charge in [0.25, 0.3) is 0 Å². The van der Waals surface area contributed by atoms with E-state index in [9.17, 15) is 0 Å². The molecule has 0 aliphatic heterocycles. The Bertz CT molecular complexity index is 8070. The minimum absolute atomic E-state index is 0.620. The third-order valence-electron chi connectivity index (χ3n) is 24.1. The molecule has 0 unspecified atom stereocenters. The van der Waals surface area contributed by atoms with E-state index >= 15 is 0 Å². The minimum Gasteiger partial charge on any atom is -0.264 e. The van der Waals surface area contributed by atoms with Crippen molar-refractivity contribution in [3.8, 4) is 112 Å². The third kappa shape index (κ3) is 13.3. The highest BCUT2D eigenvalue weighted by molar-refractivity contribution is 6.34. The van der Waals surface area contributed by atoms with Crippen molar-refractivity contribution in [3.05, 3.63) is 426 Å². The third-order valence-corrected chi connectivity index (χ3v) is 24.1. The molecule has 0 amide bonds. The molecule has 25 aromatic rings. The van der Waals surface area contributed by atoms with Crippen molar-refractivity contribution in [2.24, 2.45) is 0 Å². The SMILES string of the molecule is c1ccc(-c2nc(-c3ccccc3)nc(-c3ccc(-c4nc5c6ccccc6c6ccccc6c5c5ccncc45)cc3)n2)cc1.c1cncc(-c2cc(-c3ccc(-c4nc5c6ccccc6c6ccccc6c5c5ccncc45)cc3)cc(-c3cccnc3)c2)c1.c1cncc(-c2ccc(-c3nc4c5ccccc5c5ccccc5c4c4ccncc34)cc2)c1. The molecule has 0 aliphatic rings. The molecule has 12 heteroatoms. The molecule has 126 heavy (non-hydrogen) atoms. The normalized spacial score (nSPS) is 11.5. The van der Waals surface area contributed by atoms with Gasteiger partial charge in [0.15, 0.2) is 17.5 Å². The predicted octanol–water partition coefficient (Wildman–Crippen LogP) is 28.3. The number of nitrogens with zero attached hydrogens (tertiary/aromatic N) is 12. The zero-order valence-corrected chi connectivity index (χ0v) is 67.8. The maximum atomic E-state index is 5.41. The van der Waals surface area contributed by atoms with Crippen LogP contribution >= 0.6 is 0 Å². The van der Waals surface area contributed by atoms with Gasteiger partial charge >= 0.3 is 0 Å². The molecule has 0 spiro atoms. The zero-order valence-electron chi connectivity index (χ0n) is 67.8. The van der Waals surface area contributed by atoms with E-state index < -0.39 is 0 Å². The molecule has 0 saturated heterocycles. The fraction of sp³-hybridized carbons (Fsp3) is 0. The molecule has 0 aliphatic carbocycles. The molecule has 0 N–H and O–H groups in total. The molecule has 0 fully saturated rings. The summed E-state index contributed by atoms with van der Waals surface area (Å²) in [5.41, 5.74) is 20.6. The van der Waals surface area contributed by atoms with Gasteiger partial charge in [0, 0.05) is 167 Å². The molecule has 0 radical (unpaired) electrons. The van der Waals surface area contributed by atoms with E-state index in [0.29, 0.717) is 17.5 Å². The smallest absolute Gasteiger partial charge is 0.164 e. The molecule has 10 aromatic heterocycles. The fourth-order valence-corrected chi connectivity index (χ4v) is 18.2. The minimum atomic E-state index is 0.620.